The fourth-order valence-electron chi connectivity index (χ4n) is 1.77. The third-order valence-corrected chi connectivity index (χ3v) is 3.36. The van der Waals surface area contributed by atoms with Gasteiger partial charge in [-0.2, -0.15) is 11.8 Å². The molecule has 0 aromatic heterocycles. The number of hydrogen-bond donors (Lipinski definition) is 3. The highest BCUT2D eigenvalue weighted by molar-refractivity contribution is 7.98. The zero-order chi connectivity index (χ0) is 12.8. The molecular formula is C13H21NO2S. The van der Waals surface area contributed by atoms with Gasteiger partial charge in [0.05, 0.1) is 0 Å². The number of benzene rings is 1. The summed E-state index contributed by atoms with van der Waals surface area (Å²) < 4.78 is 0. The fraction of sp³-hybridized carbons (Fsp3) is 0.538. The van der Waals surface area contributed by atoms with Crippen LogP contribution in [0.5, 0.6) is 11.5 Å². The van der Waals surface area contributed by atoms with E-state index < -0.39 is 0 Å². The highest BCUT2D eigenvalue weighted by Gasteiger charge is 2.10. The minimum atomic E-state index is 0.102. The van der Waals surface area contributed by atoms with Crippen LogP contribution >= 0.6 is 11.8 Å². The number of nitrogens with one attached hydrogen (secondary N) is 1. The molecule has 0 heterocycles. The maximum Gasteiger partial charge on any atom is 0.119 e. The van der Waals surface area contributed by atoms with E-state index in [0.29, 0.717) is 6.04 Å². The maximum atomic E-state index is 9.43. The summed E-state index contributed by atoms with van der Waals surface area (Å²) in [7, 11) is 0. The van der Waals surface area contributed by atoms with E-state index in [1.807, 2.05) is 18.7 Å². The molecule has 0 saturated carbocycles. The first-order valence-electron chi connectivity index (χ1n) is 5.81. The number of aromatic hydroxyl groups is 2. The molecule has 0 aliphatic carbocycles. The Balaban J connectivity index is 2.59. The molecule has 4 heteroatoms. The Hall–Kier alpha value is -0.870. The van der Waals surface area contributed by atoms with Gasteiger partial charge in [0.15, 0.2) is 0 Å². The Morgan fingerprint density at radius 1 is 1.18 bits per heavy atom. The number of thioether (sulfide) groups is 1. The average Bonchev–Trinajstić information content (AvgIpc) is 2.25. The first-order valence-corrected chi connectivity index (χ1v) is 7.20. The van der Waals surface area contributed by atoms with Crippen molar-refractivity contribution in [2.24, 2.45) is 0 Å². The van der Waals surface area contributed by atoms with Gasteiger partial charge in [0.25, 0.3) is 0 Å². The summed E-state index contributed by atoms with van der Waals surface area (Å²) in [5.74, 6) is 1.34. The van der Waals surface area contributed by atoms with Crippen LogP contribution in [0, 0.1) is 0 Å². The lowest BCUT2D eigenvalue weighted by Gasteiger charge is -2.20. The first-order chi connectivity index (χ1) is 8.02. The minimum Gasteiger partial charge on any atom is -0.508 e. The highest BCUT2D eigenvalue weighted by atomic mass is 32.2. The van der Waals surface area contributed by atoms with Crippen molar-refractivity contribution in [3.63, 3.8) is 0 Å². The van der Waals surface area contributed by atoms with Crippen LogP contribution in [0.4, 0.5) is 0 Å². The number of phenols is 2. The van der Waals surface area contributed by atoms with E-state index in [0.717, 1.165) is 17.7 Å². The zero-order valence-corrected chi connectivity index (χ0v) is 11.4. The fourth-order valence-corrected chi connectivity index (χ4v) is 2.36. The van der Waals surface area contributed by atoms with Crippen molar-refractivity contribution in [1.29, 1.82) is 0 Å². The Morgan fingerprint density at radius 2 is 1.76 bits per heavy atom. The summed E-state index contributed by atoms with van der Waals surface area (Å²) in [6.07, 6.45) is 3.21. The quantitative estimate of drug-likeness (QED) is 0.731. The van der Waals surface area contributed by atoms with Crippen LogP contribution < -0.4 is 5.32 Å². The van der Waals surface area contributed by atoms with Gasteiger partial charge < -0.3 is 15.5 Å². The molecule has 0 radical (unpaired) electrons. The molecular weight excluding hydrogens is 234 g/mol. The lowest BCUT2D eigenvalue weighted by Crippen LogP contribution is -2.29. The van der Waals surface area contributed by atoms with E-state index in [2.05, 4.69) is 18.5 Å². The second-order valence-electron chi connectivity index (χ2n) is 4.35. The zero-order valence-electron chi connectivity index (χ0n) is 10.6. The van der Waals surface area contributed by atoms with Crippen molar-refractivity contribution < 1.29 is 10.2 Å². The van der Waals surface area contributed by atoms with Gasteiger partial charge >= 0.3 is 0 Å². The van der Waals surface area contributed by atoms with E-state index in [1.165, 1.54) is 6.07 Å². The maximum absolute atomic E-state index is 9.43. The van der Waals surface area contributed by atoms with Crippen LogP contribution in [0.2, 0.25) is 0 Å². The van der Waals surface area contributed by atoms with E-state index in [4.69, 9.17) is 0 Å². The molecule has 1 aromatic carbocycles. The summed E-state index contributed by atoms with van der Waals surface area (Å²) in [4.78, 5) is 0. The lowest BCUT2D eigenvalue weighted by atomic mass is 10.1. The highest BCUT2D eigenvalue weighted by Crippen LogP contribution is 2.25. The summed E-state index contributed by atoms with van der Waals surface area (Å²) in [5, 5.41) is 22.3. The molecule has 3 N–H and O–H groups in total. The van der Waals surface area contributed by atoms with Crippen molar-refractivity contribution >= 4 is 11.8 Å². The van der Waals surface area contributed by atoms with E-state index in [1.54, 1.807) is 12.1 Å². The monoisotopic (exact) mass is 255 g/mol. The van der Waals surface area contributed by atoms with Crippen LogP contribution in [0.3, 0.4) is 0 Å². The molecule has 0 spiro atoms. The van der Waals surface area contributed by atoms with Crippen molar-refractivity contribution in [3.05, 3.63) is 23.8 Å². The molecule has 0 amide bonds. The third kappa shape index (κ3) is 4.88. The molecule has 0 bridgehead atoms. The Kier molecular flexibility index (Phi) is 5.65. The predicted octanol–water partition coefficient (Wildman–Crippen LogP) is 2.89. The average molecular weight is 255 g/mol. The predicted molar refractivity (Wildman–Crippen MR) is 73.8 cm³/mol. The van der Waals surface area contributed by atoms with Gasteiger partial charge in [-0.25, -0.2) is 0 Å². The second-order valence-corrected chi connectivity index (χ2v) is 5.34. The molecule has 96 valence electrons. The summed E-state index contributed by atoms with van der Waals surface area (Å²) >= 11 is 1.84. The van der Waals surface area contributed by atoms with Gasteiger partial charge in [-0.3, -0.25) is 0 Å². The van der Waals surface area contributed by atoms with Gasteiger partial charge in [0, 0.05) is 18.2 Å². The SMILES string of the molecule is CSCCC(C)NC(C)c1cc(O)cc(O)c1. The Bertz CT molecular complexity index is 337. The smallest absolute Gasteiger partial charge is 0.119 e. The molecule has 2 unspecified atom stereocenters. The Labute approximate surface area is 107 Å². The summed E-state index contributed by atoms with van der Waals surface area (Å²) in [6.45, 7) is 4.18. The molecule has 1 rings (SSSR count). The van der Waals surface area contributed by atoms with Crippen LogP contribution in [-0.4, -0.2) is 28.3 Å². The van der Waals surface area contributed by atoms with Gasteiger partial charge in [-0.05, 0) is 50.0 Å². The third-order valence-electron chi connectivity index (χ3n) is 2.71. The van der Waals surface area contributed by atoms with E-state index >= 15 is 0 Å². The Morgan fingerprint density at radius 3 is 2.29 bits per heavy atom. The van der Waals surface area contributed by atoms with E-state index in [-0.39, 0.29) is 17.5 Å². The van der Waals surface area contributed by atoms with Crippen LogP contribution in [0.15, 0.2) is 18.2 Å². The molecule has 17 heavy (non-hydrogen) atoms. The van der Waals surface area contributed by atoms with Crippen molar-refractivity contribution in [1.82, 2.24) is 5.32 Å². The summed E-state index contributed by atoms with van der Waals surface area (Å²) in [5.41, 5.74) is 0.901. The molecule has 2 atom stereocenters. The van der Waals surface area contributed by atoms with Gasteiger partial charge in [0.2, 0.25) is 0 Å². The molecule has 3 nitrogen and oxygen atoms in total. The number of hydrogen-bond acceptors (Lipinski definition) is 4. The second kappa shape index (κ2) is 6.77. The molecule has 0 saturated heterocycles. The van der Waals surface area contributed by atoms with Crippen molar-refractivity contribution in [2.75, 3.05) is 12.0 Å². The molecule has 0 aliphatic heterocycles. The molecule has 0 aliphatic rings. The molecule has 0 fully saturated rings. The number of rotatable bonds is 6. The minimum absolute atomic E-state index is 0.102. The largest absolute Gasteiger partial charge is 0.508 e. The van der Waals surface area contributed by atoms with Crippen molar-refractivity contribution in [2.45, 2.75) is 32.4 Å². The van der Waals surface area contributed by atoms with Crippen LogP contribution in [0.25, 0.3) is 0 Å². The van der Waals surface area contributed by atoms with Gasteiger partial charge in [-0.1, -0.05) is 0 Å². The standard InChI is InChI=1S/C13H21NO2S/c1-9(4-5-17-3)14-10(2)11-6-12(15)8-13(16)7-11/h6-10,14-16H,4-5H2,1-3H3. The number of phenolic OH excluding ortho intramolecular Hbond substituents is 2. The van der Waals surface area contributed by atoms with E-state index in [9.17, 15) is 10.2 Å². The lowest BCUT2D eigenvalue weighted by molar-refractivity contribution is 0.439. The first kappa shape index (κ1) is 14.2. The topological polar surface area (TPSA) is 52.5 Å². The normalized spacial score (nSPS) is 14.5. The van der Waals surface area contributed by atoms with Gasteiger partial charge in [-0.15, -0.1) is 0 Å². The van der Waals surface area contributed by atoms with Gasteiger partial charge in [0.1, 0.15) is 11.5 Å². The molecule has 1 aromatic rings. The van der Waals surface area contributed by atoms with Crippen LogP contribution in [0.1, 0.15) is 31.9 Å². The van der Waals surface area contributed by atoms with Crippen LogP contribution in [-0.2, 0) is 0 Å². The summed E-state index contributed by atoms with van der Waals surface area (Å²) in [6, 6.07) is 5.23. The van der Waals surface area contributed by atoms with Crippen molar-refractivity contribution in [3.8, 4) is 11.5 Å².